The van der Waals surface area contributed by atoms with E-state index >= 15 is 0 Å². The number of benzene rings is 6. The Kier molecular flexibility index (Phi) is 17.6. The van der Waals surface area contributed by atoms with Crippen LogP contribution in [0.5, 0.6) is 5.75 Å². The summed E-state index contributed by atoms with van der Waals surface area (Å²) in [7, 11) is -23.8. The maximum atomic E-state index is 13.2. The standard InChI is InChI=1S/C36H32N10O21S7/c37-24-16-25(38)29(72(54,55)56)17-27(24)43-40-20-5-7-22(8-6-20)71(52,53)46-21-3-1-19(2-4-21)41-45-35-31(74(60,61)62)14-18-13-28(68-66-64-48)34(33(39)32(18)36(35)47)44-42-26-10-9-23(15-30(26)73(57,58)59)70(50,51)12-11-63-69-67-65-49/h1-10,13-17,46-49H,11-12,37-39H2,(H,54,55,56)(H,57,58,59)(H,60,61,62). The van der Waals surface area contributed by atoms with Gasteiger partial charge in [0.2, 0.25) is 0 Å². The lowest BCUT2D eigenvalue weighted by atomic mass is 10.1. The lowest BCUT2D eigenvalue weighted by molar-refractivity contribution is -0.434. The van der Waals surface area contributed by atoms with Crippen LogP contribution in [0.4, 0.5) is 56.9 Å². The highest BCUT2D eigenvalue weighted by atomic mass is 32.2. The van der Waals surface area contributed by atoms with Crippen molar-refractivity contribution in [2.75, 3.05) is 34.3 Å². The zero-order valence-corrected chi connectivity index (χ0v) is 41.9. The van der Waals surface area contributed by atoms with E-state index in [1.807, 2.05) is 0 Å². The van der Waals surface area contributed by atoms with Crippen LogP contribution in [0.15, 0.2) is 151 Å². The molecule has 0 unspecified atom stereocenters. The molecule has 0 aliphatic heterocycles. The predicted molar refractivity (Wildman–Crippen MR) is 258 cm³/mol. The highest BCUT2D eigenvalue weighted by molar-refractivity contribution is 7.94. The molecule has 0 aliphatic rings. The van der Waals surface area contributed by atoms with Crippen LogP contribution < -0.4 is 21.9 Å². The number of phenolic OH excluding ortho intramolecular Hbond substituents is 1. The molecule has 0 atom stereocenters. The number of nitrogens with zero attached hydrogens (tertiary/aromatic N) is 6. The van der Waals surface area contributed by atoms with Gasteiger partial charge in [-0.25, -0.2) is 27.4 Å². The van der Waals surface area contributed by atoms with E-state index < -0.39 is 116 Å². The Morgan fingerprint density at radius 2 is 1.14 bits per heavy atom. The number of nitrogen functional groups attached to an aromatic ring is 3. The van der Waals surface area contributed by atoms with Gasteiger partial charge >= 0.3 is 0 Å². The van der Waals surface area contributed by atoms with Gasteiger partial charge in [0.25, 0.3) is 40.4 Å². The number of aromatic hydroxyl groups is 1. The van der Waals surface area contributed by atoms with Crippen molar-refractivity contribution < 1.29 is 94.3 Å². The summed E-state index contributed by atoms with van der Waals surface area (Å²) < 4.78 is 171. The average molecular weight is 1170 g/mol. The molecule has 0 heterocycles. The van der Waals surface area contributed by atoms with Crippen molar-refractivity contribution in [2.24, 2.45) is 30.7 Å². The van der Waals surface area contributed by atoms with Crippen molar-refractivity contribution in [1.29, 1.82) is 0 Å². The van der Waals surface area contributed by atoms with Crippen LogP contribution in [0.25, 0.3) is 10.8 Å². The van der Waals surface area contributed by atoms with Crippen LogP contribution in [-0.2, 0) is 73.1 Å². The van der Waals surface area contributed by atoms with Gasteiger partial charge in [0.1, 0.15) is 37.4 Å². The number of nitrogens with two attached hydrogens (primary N) is 3. The van der Waals surface area contributed by atoms with Gasteiger partial charge in [-0.3, -0.25) is 22.6 Å². The van der Waals surface area contributed by atoms with E-state index in [1.54, 1.807) is 0 Å². The van der Waals surface area contributed by atoms with Crippen molar-refractivity contribution in [3.8, 4) is 5.75 Å². The summed E-state index contributed by atoms with van der Waals surface area (Å²) in [6, 6.07) is 15.8. The molecular weight excluding hydrogens is 1130 g/mol. The summed E-state index contributed by atoms with van der Waals surface area (Å²) >= 11 is 0.244. The number of hydrogen-bond acceptors (Lipinski definition) is 29. The van der Waals surface area contributed by atoms with Crippen molar-refractivity contribution in [1.82, 2.24) is 0 Å². The first kappa shape index (κ1) is 56.7. The van der Waals surface area contributed by atoms with Gasteiger partial charge in [0, 0.05) is 5.69 Å². The Hall–Kier alpha value is -6.57. The van der Waals surface area contributed by atoms with Crippen molar-refractivity contribution in [3.63, 3.8) is 0 Å². The number of sulfone groups is 1. The summed E-state index contributed by atoms with van der Waals surface area (Å²) in [5.74, 6) is -1.81. The third-order valence-electron chi connectivity index (χ3n) is 9.36. The summed E-state index contributed by atoms with van der Waals surface area (Å²) in [6.45, 7) is -0.555. The topological polar surface area (TPSA) is 502 Å². The van der Waals surface area contributed by atoms with Gasteiger partial charge in [0.05, 0.1) is 72.9 Å². The molecule has 0 saturated heterocycles. The van der Waals surface area contributed by atoms with Gasteiger partial charge in [-0.15, -0.1) is 29.1 Å². The minimum atomic E-state index is -5.25. The van der Waals surface area contributed by atoms with Gasteiger partial charge < -0.3 is 22.3 Å². The predicted octanol–water partition coefficient (Wildman–Crippen LogP) is 7.28. The summed E-state index contributed by atoms with van der Waals surface area (Å²) in [5.41, 5.74) is 14.6. The molecule has 6 aromatic rings. The van der Waals surface area contributed by atoms with Crippen LogP contribution in [0.3, 0.4) is 0 Å². The van der Waals surface area contributed by atoms with Crippen LogP contribution in [-0.4, -0.2) is 83.7 Å². The molecule has 394 valence electrons. The quantitative estimate of drug-likeness (QED) is 0.00606. The summed E-state index contributed by atoms with van der Waals surface area (Å²) in [4.78, 5) is -3.94. The number of anilines is 4. The second-order valence-corrected chi connectivity index (χ2v) is 23.3. The minimum Gasteiger partial charge on any atom is -0.505 e. The average Bonchev–Trinajstić information content (AvgIpc) is 3.31. The van der Waals surface area contributed by atoms with Gasteiger partial charge in [-0.2, -0.15) is 35.5 Å². The lowest BCUT2D eigenvalue weighted by Gasteiger charge is -2.14. The Morgan fingerprint density at radius 1 is 0.568 bits per heavy atom. The fraction of sp³-hybridized carbons (Fsp3) is 0.0556. The highest BCUT2D eigenvalue weighted by Gasteiger charge is 2.27. The minimum absolute atomic E-state index is 0.0143. The smallest absolute Gasteiger partial charge is 0.296 e. The first-order valence-electron chi connectivity index (χ1n) is 19.1. The molecule has 0 saturated carbocycles. The maximum Gasteiger partial charge on any atom is 0.296 e. The Morgan fingerprint density at radius 3 is 1.74 bits per heavy atom. The Labute approximate surface area is 425 Å². The van der Waals surface area contributed by atoms with E-state index in [0.29, 0.717) is 6.07 Å². The molecule has 0 aliphatic carbocycles. The molecule has 0 aromatic heterocycles. The molecule has 31 nitrogen and oxygen atoms in total. The first-order chi connectivity index (χ1) is 34.6. The normalized spacial score (nSPS) is 12.9. The van der Waals surface area contributed by atoms with E-state index in [1.165, 1.54) is 48.5 Å². The van der Waals surface area contributed by atoms with Crippen molar-refractivity contribution in [2.45, 2.75) is 29.4 Å². The van der Waals surface area contributed by atoms with E-state index in [0.717, 1.165) is 36.4 Å². The molecule has 0 radical (unpaired) electrons. The van der Waals surface area contributed by atoms with E-state index in [9.17, 15) is 60.9 Å². The number of azo groups is 3. The SMILES string of the molecule is Nc1cc(N)c(S(=O)(=O)O)cc1N=Nc1ccc(S(=O)(=O)Nc2ccc(N=Nc3c(S(=O)(=O)O)cc4cc(SOOO)c(N=Nc5ccc(S(=O)(=O)CCOSOOO)cc5S(=O)(=O)O)c(N)c4c3O)cc2)cc1. The molecule has 6 aromatic carbocycles. The second kappa shape index (κ2) is 22.9. The summed E-state index contributed by atoms with van der Waals surface area (Å²) in [5, 5.41) is 57.9. The molecule has 0 fully saturated rings. The van der Waals surface area contributed by atoms with E-state index in [-0.39, 0.29) is 73.7 Å². The number of rotatable bonds is 22. The summed E-state index contributed by atoms with van der Waals surface area (Å²) in [6.07, 6.45) is 0. The molecule has 0 spiro atoms. The lowest BCUT2D eigenvalue weighted by Crippen LogP contribution is -2.12. The highest BCUT2D eigenvalue weighted by Crippen LogP contribution is 2.50. The largest absolute Gasteiger partial charge is 0.505 e. The molecule has 74 heavy (non-hydrogen) atoms. The van der Waals surface area contributed by atoms with Gasteiger partial charge in [0.15, 0.2) is 27.9 Å². The zero-order chi connectivity index (χ0) is 54.4. The zero-order valence-electron chi connectivity index (χ0n) is 36.2. The molecule has 6 rings (SSSR count). The van der Waals surface area contributed by atoms with Crippen molar-refractivity contribution >= 4 is 142 Å². The molecule has 13 N–H and O–H groups in total. The molecule has 0 bridgehead atoms. The third-order valence-corrected chi connectivity index (χ3v) is 16.1. The molecular formula is C36H32N10O21S7. The number of phenols is 1. The maximum absolute atomic E-state index is 13.2. The molecule has 38 heteroatoms. The van der Waals surface area contributed by atoms with Crippen LogP contribution in [0, 0.1) is 0 Å². The van der Waals surface area contributed by atoms with E-state index in [4.69, 9.17) is 31.9 Å². The number of nitrogens with one attached hydrogen (secondary N) is 1. The van der Waals surface area contributed by atoms with Crippen LogP contribution in [0.2, 0.25) is 0 Å². The monoisotopic (exact) mass is 1160 g/mol. The van der Waals surface area contributed by atoms with Gasteiger partial charge in [-0.1, -0.05) is 10.1 Å². The van der Waals surface area contributed by atoms with Crippen LogP contribution >= 0.6 is 24.4 Å². The second-order valence-electron chi connectivity index (χ2n) is 14.1. The van der Waals surface area contributed by atoms with Crippen LogP contribution in [0.1, 0.15) is 0 Å². The number of sulfonamides is 1. The number of hydrogen-bond donors (Lipinski definition) is 10. The fourth-order valence-electron chi connectivity index (χ4n) is 6.07. The molecule has 0 amide bonds. The van der Waals surface area contributed by atoms with Crippen molar-refractivity contribution in [3.05, 3.63) is 91.0 Å². The Bertz CT molecular complexity index is 3820. The van der Waals surface area contributed by atoms with Gasteiger partial charge in [-0.05, 0) is 96.4 Å². The number of fused-ring (bicyclic) bond motifs is 1. The fourth-order valence-corrected chi connectivity index (χ4v) is 11.1. The Balaban J connectivity index is 1.28. The first-order valence-corrected chi connectivity index (χ1v) is 28.0. The third kappa shape index (κ3) is 13.8. The van der Waals surface area contributed by atoms with E-state index in [2.05, 4.69) is 54.2 Å².